The van der Waals surface area contributed by atoms with Crippen LogP contribution in [0, 0.1) is 0 Å². The highest BCUT2D eigenvalue weighted by Gasteiger charge is 2.21. The van der Waals surface area contributed by atoms with Crippen LogP contribution in [0.1, 0.15) is 41.8 Å². The molecule has 4 aromatic rings. The highest BCUT2D eigenvalue weighted by Crippen LogP contribution is 2.32. The molecular weight excluding hydrogens is 412 g/mol. The van der Waals surface area contributed by atoms with Crippen molar-refractivity contribution < 1.29 is 4.79 Å². The smallest absolute Gasteiger partial charge is 0.252 e. The Balaban J connectivity index is 0.000000913. The lowest BCUT2D eigenvalue weighted by molar-refractivity contribution is 0.0952. The van der Waals surface area contributed by atoms with Crippen LogP contribution in [0.4, 0.5) is 0 Å². The van der Waals surface area contributed by atoms with Crippen molar-refractivity contribution in [3.63, 3.8) is 0 Å². The maximum Gasteiger partial charge on any atom is 0.252 e. The molecule has 0 spiro atoms. The Kier molecular flexibility index (Phi) is 8.88. The van der Waals surface area contributed by atoms with E-state index in [4.69, 9.17) is 4.98 Å². The molecule has 0 bridgehead atoms. The number of amides is 1. The van der Waals surface area contributed by atoms with Gasteiger partial charge in [-0.05, 0) is 17.9 Å². The number of nitrogens with one attached hydrogen (secondary N) is 1. The molecule has 0 saturated carbocycles. The molecule has 164 valence electrons. The first-order valence-corrected chi connectivity index (χ1v) is 12.4. The summed E-state index contributed by atoms with van der Waals surface area (Å²) in [4.78, 5) is 18.3. The number of rotatable bonds is 6. The number of fused-ring (bicyclic) bond motifs is 1. The van der Waals surface area contributed by atoms with Crippen molar-refractivity contribution in [1.82, 2.24) is 10.3 Å². The molecule has 0 radical (unpaired) electrons. The molecule has 1 heterocycles. The van der Waals surface area contributed by atoms with Crippen LogP contribution in [-0.4, -0.2) is 17.1 Å². The van der Waals surface area contributed by atoms with Crippen molar-refractivity contribution >= 4 is 28.6 Å². The zero-order valence-electron chi connectivity index (χ0n) is 19.0. The number of benzene rings is 3. The third-order valence-electron chi connectivity index (χ3n) is 4.85. The van der Waals surface area contributed by atoms with Crippen LogP contribution in [0.2, 0.25) is 0 Å². The number of hydrogen-bond acceptors (Lipinski definition) is 3. The van der Waals surface area contributed by atoms with Crippen molar-refractivity contribution in [3.8, 4) is 11.3 Å². The first kappa shape index (κ1) is 23.6. The SMILES string of the molecule is CCC.CSCc1c(-c2ccccc2)nc2ccccc2c1C(=O)NCc1ccccc1. The number of carbonyl (C=O) groups is 1. The highest BCUT2D eigenvalue weighted by atomic mass is 32.2. The monoisotopic (exact) mass is 442 g/mol. The molecule has 1 amide bonds. The zero-order valence-corrected chi connectivity index (χ0v) is 19.8. The number of aromatic nitrogens is 1. The van der Waals surface area contributed by atoms with E-state index in [1.165, 1.54) is 6.42 Å². The number of nitrogens with zero attached hydrogens (tertiary/aromatic N) is 1. The molecule has 3 nitrogen and oxygen atoms in total. The van der Waals surface area contributed by atoms with Crippen LogP contribution in [0.5, 0.6) is 0 Å². The molecule has 0 fully saturated rings. The Morgan fingerprint density at radius 3 is 2.12 bits per heavy atom. The molecule has 0 aliphatic carbocycles. The predicted molar refractivity (Wildman–Crippen MR) is 138 cm³/mol. The van der Waals surface area contributed by atoms with Gasteiger partial charge in [0.05, 0.1) is 16.8 Å². The number of para-hydroxylation sites is 1. The van der Waals surface area contributed by atoms with Crippen LogP contribution >= 0.6 is 11.8 Å². The van der Waals surface area contributed by atoms with E-state index in [9.17, 15) is 4.79 Å². The van der Waals surface area contributed by atoms with Gasteiger partial charge in [-0.3, -0.25) is 4.79 Å². The largest absolute Gasteiger partial charge is 0.348 e. The second-order valence-electron chi connectivity index (χ2n) is 7.51. The van der Waals surface area contributed by atoms with Gasteiger partial charge in [-0.25, -0.2) is 4.98 Å². The number of carbonyl (C=O) groups excluding carboxylic acids is 1. The van der Waals surface area contributed by atoms with Gasteiger partial charge in [-0.2, -0.15) is 11.8 Å². The van der Waals surface area contributed by atoms with Gasteiger partial charge in [0.25, 0.3) is 5.91 Å². The van der Waals surface area contributed by atoms with Crippen LogP contribution in [-0.2, 0) is 12.3 Å². The van der Waals surface area contributed by atoms with E-state index in [0.717, 1.165) is 44.6 Å². The highest BCUT2D eigenvalue weighted by molar-refractivity contribution is 7.97. The fourth-order valence-corrected chi connectivity index (χ4v) is 4.07. The predicted octanol–water partition coefficient (Wildman–Crippen LogP) is 7.11. The maximum absolute atomic E-state index is 13.4. The van der Waals surface area contributed by atoms with Crippen LogP contribution < -0.4 is 5.32 Å². The molecule has 1 N–H and O–H groups in total. The summed E-state index contributed by atoms with van der Waals surface area (Å²) in [5.41, 5.74) is 5.52. The quantitative estimate of drug-likeness (QED) is 0.346. The molecule has 32 heavy (non-hydrogen) atoms. The average Bonchev–Trinajstić information content (AvgIpc) is 2.84. The van der Waals surface area contributed by atoms with Gasteiger partial charge in [-0.1, -0.05) is 99.1 Å². The third-order valence-corrected chi connectivity index (χ3v) is 5.43. The summed E-state index contributed by atoms with van der Waals surface area (Å²) in [6, 6.07) is 28.0. The second kappa shape index (κ2) is 12.1. The lowest BCUT2D eigenvalue weighted by atomic mass is 9.97. The Morgan fingerprint density at radius 1 is 0.875 bits per heavy atom. The maximum atomic E-state index is 13.4. The standard InChI is InChI=1S/C25H22N2OS.C3H8/c1-29-17-21-23(25(28)26-16-18-10-4-2-5-11-18)20-14-8-9-15-22(20)27-24(21)19-12-6-3-7-13-19;1-3-2/h2-15H,16-17H2,1H3,(H,26,28);3H2,1-2H3. The average molecular weight is 443 g/mol. The van der Waals surface area contributed by atoms with E-state index in [1.54, 1.807) is 11.8 Å². The summed E-state index contributed by atoms with van der Waals surface area (Å²) in [6.45, 7) is 4.75. The van der Waals surface area contributed by atoms with Crippen LogP contribution in [0.3, 0.4) is 0 Å². The fraction of sp³-hybridized carbons (Fsp3) is 0.214. The van der Waals surface area contributed by atoms with E-state index >= 15 is 0 Å². The van der Waals surface area contributed by atoms with Crippen molar-refractivity contribution in [2.75, 3.05) is 6.26 Å². The fourth-order valence-electron chi connectivity index (χ4n) is 3.50. The van der Waals surface area contributed by atoms with Crippen LogP contribution in [0.25, 0.3) is 22.2 Å². The summed E-state index contributed by atoms with van der Waals surface area (Å²) >= 11 is 1.70. The van der Waals surface area contributed by atoms with Gasteiger partial charge in [0, 0.05) is 28.8 Å². The molecule has 0 unspecified atom stereocenters. The minimum atomic E-state index is -0.0614. The summed E-state index contributed by atoms with van der Waals surface area (Å²) < 4.78 is 0. The van der Waals surface area contributed by atoms with Crippen molar-refractivity contribution in [2.45, 2.75) is 32.6 Å². The zero-order chi connectivity index (χ0) is 22.8. The summed E-state index contributed by atoms with van der Waals surface area (Å²) in [5.74, 6) is 0.657. The Bertz CT molecular complexity index is 1140. The molecule has 4 rings (SSSR count). The molecule has 0 aliphatic heterocycles. The summed E-state index contributed by atoms with van der Waals surface area (Å²) in [6.07, 6.45) is 3.30. The lowest BCUT2D eigenvalue weighted by Gasteiger charge is -2.17. The molecule has 4 heteroatoms. The first-order chi connectivity index (χ1) is 15.7. The van der Waals surface area contributed by atoms with Gasteiger partial charge in [0.2, 0.25) is 0 Å². The van der Waals surface area contributed by atoms with Crippen molar-refractivity contribution in [1.29, 1.82) is 0 Å². The molecular formula is C28H30N2OS. The second-order valence-corrected chi connectivity index (χ2v) is 8.37. The van der Waals surface area contributed by atoms with E-state index in [-0.39, 0.29) is 5.91 Å². The van der Waals surface area contributed by atoms with Gasteiger partial charge < -0.3 is 5.32 Å². The van der Waals surface area contributed by atoms with E-state index in [0.29, 0.717) is 6.54 Å². The van der Waals surface area contributed by atoms with E-state index in [1.807, 2.05) is 84.9 Å². The summed E-state index contributed by atoms with van der Waals surface area (Å²) in [5, 5.41) is 4.00. The van der Waals surface area contributed by atoms with Crippen LogP contribution in [0.15, 0.2) is 84.9 Å². The minimum absolute atomic E-state index is 0.0614. The molecule has 3 aromatic carbocycles. The molecule has 0 saturated heterocycles. The van der Waals surface area contributed by atoms with E-state index in [2.05, 4.69) is 25.4 Å². The van der Waals surface area contributed by atoms with Gasteiger partial charge in [0.15, 0.2) is 0 Å². The van der Waals surface area contributed by atoms with E-state index < -0.39 is 0 Å². The van der Waals surface area contributed by atoms with Gasteiger partial charge in [-0.15, -0.1) is 0 Å². The van der Waals surface area contributed by atoms with Crippen molar-refractivity contribution in [2.24, 2.45) is 0 Å². The van der Waals surface area contributed by atoms with Crippen molar-refractivity contribution in [3.05, 3.63) is 102 Å². The minimum Gasteiger partial charge on any atom is -0.348 e. The number of pyridine rings is 1. The Hall–Kier alpha value is -3.11. The molecule has 1 aromatic heterocycles. The van der Waals surface area contributed by atoms with Gasteiger partial charge >= 0.3 is 0 Å². The van der Waals surface area contributed by atoms with Gasteiger partial charge in [0.1, 0.15) is 0 Å². The number of hydrogen-bond donors (Lipinski definition) is 1. The Labute approximate surface area is 195 Å². The third kappa shape index (κ3) is 5.77. The normalized spacial score (nSPS) is 10.3. The first-order valence-electron chi connectivity index (χ1n) is 11.0. The Morgan fingerprint density at radius 2 is 1.47 bits per heavy atom. The summed E-state index contributed by atoms with van der Waals surface area (Å²) in [7, 11) is 0. The molecule has 0 atom stereocenters. The molecule has 0 aliphatic rings. The number of thioether (sulfide) groups is 1. The topological polar surface area (TPSA) is 42.0 Å². The lowest BCUT2D eigenvalue weighted by Crippen LogP contribution is -2.25.